The number of hydrogen-bond donors (Lipinski definition) is 1. The first kappa shape index (κ1) is 10.2. The molecule has 1 unspecified atom stereocenters. The van der Waals surface area contributed by atoms with E-state index in [0.717, 1.165) is 28.6 Å². The summed E-state index contributed by atoms with van der Waals surface area (Å²) in [5.41, 5.74) is 6.06. The van der Waals surface area contributed by atoms with Crippen LogP contribution >= 0.6 is 11.3 Å². The summed E-state index contributed by atoms with van der Waals surface area (Å²) in [6.45, 7) is 2.13. The lowest BCUT2D eigenvalue weighted by Gasteiger charge is -2.03. The molecule has 0 aliphatic heterocycles. The van der Waals surface area contributed by atoms with Gasteiger partial charge in [0.15, 0.2) is 5.82 Å². The molecule has 16 heavy (non-hydrogen) atoms. The maximum absolute atomic E-state index is 6.06. The van der Waals surface area contributed by atoms with Gasteiger partial charge in [0, 0.05) is 5.92 Å². The van der Waals surface area contributed by atoms with E-state index < -0.39 is 0 Å². The molecule has 1 saturated carbocycles. The SMILES string of the molecule is CCCC(N)c1nn2c(C3CC3)nnc2s1. The van der Waals surface area contributed by atoms with Crippen molar-refractivity contribution < 1.29 is 0 Å². The second-order valence-electron chi connectivity index (χ2n) is 4.36. The topological polar surface area (TPSA) is 69.1 Å². The highest BCUT2D eigenvalue weighted by Crippen LogP contribution is 2.39. The fourth-order valence-corrected chi connectivity index (χ4v) is 2.71. The zero-order valence-electron chi connectivity index (χ0n) is 9.26. The first-order valence-electron chi connectivity index (χ1n) is 5.77. The molecule has 0 amide bonds. The molecule has 0 spiro atoms. The third kappa shape index (κ3) is 1.62. The van der Waals surface area contributed by atoms with E-state index in [0.29, 0.717) is 5.92 Å². The number of fused-ring (bicyclic) bond motifs is 1. The van der Waals surface area contributed by atoms with Crippen LogP contribution in [0.1, 0.15) is 55.4 Å². The van der Waals surface area contributed by atoms with Crippen molar-refractivity contribution in [2.75, 3.05) is 0 Å². The van der Waals surface area contributed by atoms with Crippen LogP contribution in [0.25, 0.3) is 4.96 Å². The van der Waals surface area contributed by atoms with Gasteiger partial charge in [-0.1, -0.05) is 24.7 Å². The minimum Gasteiger partial charge on any atom is -0.322 e. The van der Waals surface area contributed by atoms with Crippen molar-refractivity contribution >= 4 is 16.3 Å². The summed E-state index contributed by atoms with van der Waals surface area (Å²) < 4.78 is 1.88. The first-order valence-corrected chi connectivity index (χ1v) is 6.59. The van der Waals surface area contributed by atoms with Gasteiger partial charge in [0.1, 0.15) is 5.01 Å². The summed E-state index contributed by atoms with van der Waals surface area (Å²) in [6, 6.07) is 0.0451. The maximum Gasteiger partial charge on any atom is 0.234 e. The third-order valence-electron chi connectivity index (χ3n) is 2.89. The normalized spacial score (nSPS) is 18.1. The van der Waals surface area contributed by atoms with Crippen LogP contribution in [-0.2, 0) is 0 Å². The highest BCUT2D eigenvalue weighted by molar-refractivity contribution is 7.16. The molecule has 2 aromatic rings. The number of nitrogens with two attached hydrogens (primary N) is 1. The number of nitrogens with zero attached hydrogens (tertiary/aromatic N) is 4. The Morgan fingerprint density at radius 3 is 3.00 bits per heavy atom. The molecule has 1 aliphatic rings. The quantitative estimate of drug-likeness (QED) is 0.881. The van der Waals surface area contributed by atoms with E-state index in [-0.39, 0.29) is 6.04 Å². The fourth-order valence-electron chi connectivity index (χ4n) is 1.83. The van der Waals surface area contributed by atoms with E-state index in [1.165, 1.54) is 12.8 Å². The Balaban J connectivity index is 1.96. The second kappa shape index (κ2) is 3.78. The van der Waals surface area contributed by atoms with Gasteiger partial charge in [-0.05, 0) is 19.3 Å². The molecule has 3 rings (SSSR count). The molecular formula is C10H15N5S. The summed E-state index contributed by atoms with van der Waals surface area (Å²) in [5, 5.41) is 13.9. The monoisotopic (exact) mass is 237 g/mol. The van der Waals surface area contributed by atoms with Crippen molar-refractivity contribution in [1.82, 2.24) is 19.8 Å². The van der Waals surface area contributed by atoms with E-state index in [4.69, 9.17) is 5.73 Å². The molecular weight excluding hydrogens is 222 g/mol. The van der Waals surface area contributed by atoms with Crippen LogP contribution in [0.2, 0.25) is 0 Å². The Bertz CT molecular complexity index is 498. The molecule has 1 atom stereocenters. The largest absolute Gasteiger partial charge is 0.322 e. The summed E-state index contributed by atoms with van der Waals surface area (Å²) in [5.74, 6) is 1.59. The van der Waals surface area contributed by atoms with Crippen molar-refractivity contribution in [3.63, 3.8) is 0 Å². The van der Waals surface area contributed by atoms with Crippen LogP contribution in [-0.4, -0.2) is 19.8 Å². The minimum atomic E-state index is 0.0451. The zero-order valence-corrected chi connectivity index (χ0v) is 10.1. The van der Waals surface area contributed by atoms with Gasteiger partial charge in [0.2, 0.25) is 4.96 Å². The van der Waals surface area contributed by atoms with Gasteiger partial charge in [0.05, 0.1) is 6.04 Å². The van der Waals surface area contributed by atoms with Crippen molar-refractivity contribution in [3.05, 3.63) is 10.8 Å². The van der Waals surface area contributed by atoms with Crippen LogP contribution in [0, 0.1) is 0 Å². The summed E-state index contributed by atoms with van der Waals surface area (Å²) in [6.07, 6.45) is 4.49. The lowest BCUT2D eigenvalue weighted by atomic mass is 10.2. The minimum absolute atomic E-state index is 0.0451. The molecule has 0 saturated heterocycles. The van der Waals surface area contributed by atoms with E-state index >= 15 is 0 Å². The molecule has 1 aliphatic carbocycles. The van der Waals surface area contributed by atoms with Gasteiger partial charge < -0.3 is 5.73 Å². The van der Waals surface area contributed by atoms with E-state index in [9.17, 15) is 0 Å². The van der Waals surface area contributed by atoms with Gasteiger partial charge in [-0.2, -0.15) is 9.61 Å². The Labute approximate surface area is 97.7 Å². The average molecular weight is 237 g/mol. The predicted octanol–water partition coefficient (Wildman–Crippen LogP) is 1.86. The van der Waals surface area contributed by atoms with Gasteiger partial charge in [0.25, 0.3) is 0 Å². The summed E-state index contributed by atoms with van der Waals surface area (Å²) in [4.78, 5) is 0.878. The number of aromatic nitrogens is 4. The van der Waals surface area contributed by atoms with Gasteiger partial charge in [-0.15, -0.1) is 10.2 Å². The highest BCUT2D eigenvalue weighted by Gasteiger charge is 2.30. The molecule has 2 heterocycles. The Kier molecular flexibility index (Phi) is 2.40. The molecule has 0 bridgehead atoms. The maximum atomic E-state index is 6.06. The first-order chi connectivity index (χ1) is 7.79. The molecule has 86 valence electrons. The predicted molar refractivity (Wildman–Crippen MR) is 62.5 cm³/mol. The molecule has 0 radical (unpaired) electrons. The number of hydrogen-bond acceptors (Lipinski definition) is 5. The lowest BCUT2D eigenvalue weighted by Crippen LogP contribution is -2.10. The Morgan fingerprint density at radius 1 is 1.50 bits per heavy atom. The van der Waals surface area contributed by atoms with Crippen LogP contribution in [0.15, 0.2) is 0 Å². The molecule has 2 aromatic heterocycles. The van der Waals surface area contributed by atoms with Crippen molar-refractivity contribution in [3.8, 4) is 0 Å². The molecule has 2 N–H and O–H groups in total. The van der Waals surface area contributed by atoms with Gasteiger partial charge in [-0.3, -0.25) is 0 Å². The standard InChI is InChI=1S/C10H15N5S/c1-2-3-7(11)9-14-15-8(6-4-5-6)12-13-10(15)16-9/h6-7H,2-5,11H2,1H3. The average Bonchev–Trinajstić information content (AvgIpc) is 2.89. The molecule has 6 heteroatoms. The number of rotatable bonds is 4. The third-order valence-corrected chi connectivity index (χ3v) is 3.92. The Hall–Kier alpha value is -1.01. The zero-order chi connectivity index (χ0) is 11.1. The lowest BCUT2D eigenvalue weighted by molar-refractivity contribution is 0.620. The van der Waals surface area contributed by atoms with Crippen molar-refractivity contribution in [1.29, 1.82) is 0 Å². The second-order valence-corrected chi connectivity index (χ2v) is 5.35. The van der Waals surface area contributed by atoms with Crippen LogP contribution in [0.5, 0.6) is 0 Å². The summed E-state index contributed by atoms with van der Waals surface area (Å²) >= 11 is 1.56. The van der Waals surface area contributed by atoms with Crippen molar-refractivity contribution in [2.45, 2.75) is 44.6 Å². The van der Waals surface area contributed by atoms with Gasteiger partial charge in [-0.25, -0.2) is 0 Å². The smallest absolute Gasteiger partial charge is 0.234 e. The van der Waals surface area contributed by atoms with Crippen molar-refractivity contribution in [2.24, 2.45) is 5.73 Å². The van der Waals surface area contributed by atoms with E-state index in [2.05, 4.69) is 22.2 Å². The van der Waals surface area contributed by atoms with Crippen LogP contribution < -0.4 is 5.73 Å². The highest BCUT2D eigenvalue weighted by atomic mass is 32.1. The Morgan fingerprint density at radius 2 is 2.31 bits per heavy atom. The van der Waals surface area contributed by atoms with E-state index in [1.54, 1.807) is 11.3 Å². The fraction of sp³-hybridized carbons (Fsp3) is 0.700. The van der Waals surface area contributed by atoms with Gasteiger partial charge >= 0.3 is 0 Å². The molecule has 1 fully saturated rings. The van der Waals surface area contributed by atoms with Crippen LogP contribution in [0.3, 0.4) is 0 Å². The van der Waals surface area contributed by atoms with Crippen LogP contribution in [0.4, 0.5) is 0 Å². The molecule has 5 nitrogen and oxygen atoms in total. The molecule has 0 aromatic carbocycles. The van der Waals surface area contributed by atoms with E-state index in [1.807, 2.05) is 4.52 Å². The summed E-state index contributed by atoms with van der Waals surface area (Å²) in [7, 11) is 0.